The van der Waals surface area contributed by atoms with Crippen molar-refractivity contribution in [3.8, 4) is 0 Å². The van der Waals surface area contributed by atoms with Crippen LogP contribution in [0.15, 0.2) is 16.7 Å². The zero-order valence-electron chi connectivity index (χ0n) is 9.58. The number of amides is 1. The number of furan rings is 1. The molecule has 1 amide bonds. The molecule has 1 atom stereocenters. The lowest BCUT2D eigenvalue weighted by Crippen LogP contribution is -2.38. The van der Waals surface area contributed by atoms with Gasteiger partial charge in [0.2, 0.25) is 0 Å². The molecule has 88 valence electrons. The van der Waals surface area contributed by atoms with Gasteiger partial charge in [-0.2, -0.15) is 0 Å². The van der Waals surface area contributed by atoms with E-state index in [1.165, 1.54) is 12.8 Å². The number of carbonyl (C=O) groups excluding carboxylic acids is 1. The largest absolute Gasteiger partial charge is 0.469 e. The highest BCUT2D eigenvalue weighted by Gasteiger charge is 2.16. The van der Waals surface area contributed by atoms with E-state index in [1.807, 2.05) is 0 Å². The maximum atomic E-state index is 11.8. The minimum absolute atomic E-state index is 0.0307. The van der Waals surface area contributed by atoms with Crippen LogP contribution in [0.4, 0.5) is 0 Å². The Hall–Kier alpha value is -1.29. The van der Waals surface area contributed by atoms with Crippen LogP contribution in [0.25, 0.3) is 0 Å². The van der Waals surface area contributed by atoms with Crippen molar-refractivity contribution in [1.29, 1.82) is 0 Å². The molecule has 1 fully saturated rings. The second kappa shape index (κ2) is 5.16. The fraction of sp³-hybridized carbons (Fsp3) is 0.583. The van der Waals surface area contributed by atoms with Crippen molar-refractivity contribution in [1.82, 2.24) is 10.6 Å². The monoisotopic (exact) mass is 222 g/mol. The van der Waals surface area contributed by atoms with Crippen LogP contribution in [0.2, 0.25) is 0 Å². The molecule has 0 radical (unpaired) electrons. The minimum Gasteiger partial charge on any atom is -0.469 e. The number of nitrogens with one attached hydrogen (secondary N) is 2. The molecule has 2 heterocycles. The van der Waals surface area contributed by atoms with Gasteiger partial charge in [-0.05, 0) is 44.8 Å². The van der Waals surface area contributed by atoms with Gasteiger partial charge in [-0.25, -0.2) is 0 Å². The van der Waals surface area contributed by atoms with Crippen molar-refractivity contribution in [2.45, 2.75) is 19.8 Å². The summed E-state index contributed by atoms with van der Waals surface area (Å²) in [5.41, 5.74) is 0.642. The molecule has 1 unspecified atom stereocenters. The highest BCUT2D eigenvalue weighted by molar-refractivity contribution is 5.94. The quantitative estimate of drug-likeness (QED) is 0.811. The third-order valence-corrected chi connectivity index (χ3v) is 3.05. The van der Waals surface area contributed by atoms with Crippen molar-refractivity contribution < 1.29 is 9.21 Å². The van der Waals surface area contributed by atoms with Gasteiger partial charge in [0.05, 0.1) is 11.8 Å². The van der Waals surface area contributed by atoms with Crippen LogP contribution < -0.4 is 10.6 Å². The Balaban J connectivity index is 1.81. The molecular formula is C12H18N2O2. The normalized spacial score (nSPS) is 20.7. The van der Waals surface area contributed by atoms with Gasteiger partial charge in [0.25, 0.3) is 5.91 Å². The third-order valence-electron chi connectivity index (χ3n) is 3.05. The van der Waals surface area contributed by atoms with Crippen molar-refractivity contribution in [2.75, 3.05) is 19.6 Å². The van der Waals surface area contributed by atoms with Gasteiger partial charge >= 0.3 is 0 Å². The molecule has 1 aromatic heterocycles. The SMILES string of the molecule is Cc1occc1C(=O)NCC1CCCNC1. The first-order chi connectivity index (χ1) is 7.77. The lowest BCUT2D eigenvalue weighted by molar-refractivity contribution is 0.0943. The van der Waals surface area contributed by atoms with Crippen molar-refractivity contribution >= 4 is 5.91 Å². The molecular weight excluding hydrogens is 204 g/mol. The molecule has 1 aliphatic rings. The highest BCUT2D eigenvalue weighted by Crippen LogP contribution is 2.11. The summed E-state index contributed by atoms with van der Waals surface area (Å²) in [6.45, 7) is 4.66. The van der Waals surface area contributed by atoms with E-state index < -0.39 is 0 Å². The van der Waals surface area contributed by atoms with Gasteiger partial charge in [-0.3, -0.25) is 4.79 Å². The van der Waals surface area contributed by atoms with E-state index in [2.05, 4.69) is 10.6 Å². The third kappa shape index (κ3) is 2.64. The number of rotatable bonds is 3. The standard InChI is InChI=1S/C12H18N2O2/c1-9-11(4-6-16-9)12(15)14-8-10-3-2-5-13-7-10/h4,6,10,13H,2-3,5,7-8H2,1H3,(H,14,15). The number of hydrogen-bond acceptors (Lipinski definition) is 3. The van der Waals surface area contributed by atoms with Crippen LogP contribution in [0.1, 0.15) is 29.0 Å². The molecule has 0 spiro atoms. The zero-order chi connectivity index (χ0) is 11.4. The lowest BCUT2D eigenvalue weighted by atomic mass is 10.00. The molecule has 16 heavy (non-hydrogen) atoms. The van der Waals surface area contributed by atoms with Crippen LogP contribution in [-0.2, 0) is 0 Å². The smallest absolute Gasteiger partial charge is 0.254 e. The zero-order valence-corrected chi connectivity index (χ0v) is 9.58. The Kier molecular flexibility index (Phi) is 3.62. The topological polar surface area (TPSA) is 54.3 Å². The summed E-state index contributed by atoms with van der Waals surface area (Å²) < 4.78 is 5.10. The second-order valence-electron chi connectivity index (χ2n) is 4.31. The van der Waals surface area contributed by atoms with Gasteiger partial charge in [0, 0.05) is 6.54 Å². The molecule has 4 nitrogen and oxygen atoms in total. The second-order valence-corrected chi connectivity index (χ2v) is 4.31. The summed E-state index contributed by atoms with van der Waals surface area (Å²) in [6, 6.07) is 1.71. The fourth-order valence-electron chi connectivity index (χ4n) is 2.05. The number of aryl methyl sites for hydroxylation is 1. The molecule has 1 saturated heterocycles. The molecule has 2 N–H and O–H groups in total. The van der Waals surface area contributed by atoms with Crippen LogP contribution in [0.3, 0.4) is 0 Å². The van der Waals surface area contributed by atoms with Crippen molar-refractivity contribution in [2.24, 2.45) is 5.92 Å². The Labute approximate surface area is 95.4 Å². The van der Waals surface area contributed by atoms with E-state index in [0.717, 1.165) is 19.6 Å². The maximum Gasteiger partial charge on any atom is 0.254 e. The summed E-state index contributed by atoms with van der Waals surface area (Å²) in [7, 11) is 0. The summed E-state index contributed by atoms with van der Waals surface area (Å²) in [6.07, 6.45) is 3.94. The summed E-state index contributed by atoms with van der Waals surface area (Å²) in [5.74, 6) is 1.21. The summed E-state index contributed by atoms with van der Waals surface area (Å²) in [4.78, 5) is 11.8. The van der Waals surface area contributed by atoms with Gasteiger partial charge in [0.1, 0.15) is 5.76 Å². The fourth-order valence-corrected chi connectivity index (χ4v) is 2.05. The Bertz CT molecular complexity index is 354. The molecule has 1 aromatic rings. The van der Waals surface area contributed by atoms with Crippen molar-refractivity contribution in [3.63, 3.8) is 0 Å². The first-order valence-corrected chi connectivity index (χ1v) is 5.80. The molecule has 2 rings (SSSR count). The average Bonchev–Trinajstić information content (AvgIpc) is 2.74. The molecule has 4 heteroatoms. The number of carbonyl (C=O) groups is 1. The average molecular weight is 222 g/mol. The maximum absolute atomic E-state index is 11.8. The van der Waals surface area contributed by atoms with Gasteiger partial charge in [-0.15, -0.1) is 0 Å². The summed E-state index contributed by atoms with van der Waals surface area (Å²) >= 11 is 0. The van der Waals surface area contributed by atoms with Crippen molar-refractivity contribution in [3.05, 3.63) is 23.7 Å². The van der Waals surface area contributed by atoms with Gasteiger partial charge in [-0.1, -0.05) is 0 Å². The van der Waals surface area contributed by atoms with E-state index in [-0.39, 0.29) is 5.91 Å². The van der Waals surface area contributed by atoms with Crippen LogP contribution >= 0.6 is 0 Å². The predicted octanol–water partition coefficient (Wildman–Crippen LogP) is 1.32. The van der Waals surface area contributed by atoms with E-state index in [1.54, 1.807) is 19.3 Å². The Morgan fingerprint density at radius 3 is 3.19 bits per heavy atom. The Morgan fingerprint density at radius 1 is 1.69 bits per heavy atom. The number of piperidine rings is 1. The molecule has 0 aliphatic carbocycles. The van der Waals surface area contributed by atoms with Crippen LogP contribution in [0, 0.1) is 12.8 Å². The number of hydrogen-bond donors (Lipinski definition) is 2. The molecule has 0 bridgehead atoms. The summed E-state index contributed by atoms with van der Waals surface area (Å²) in [5, 5.41) is 6.29. The molecule has 0 saturated carbocycles. The van der Waals surface area contributed by atoms with E-state index in [4.69, 9.17) is 4.42 Å². The minimum atomic E-state index is -0.0307. The van der Waals surface area contributed by atoms with Crippen LogP contribution in [-0.4, -0.2) is 25.5 Å². The lowest BCUT2D eigenvalue weighted by Gasteiger charge is -2.22. The van der Waals surface area contributed by atoms with Gasteiger partial charge in [0.15, 0.2) is 0 Å². The van der Waals surface area contributed by atoms with Gasteiger partial charge < -0.3 is 15.1 Å². The van der Waals surface area contributed by atoms with E-state index >= 15 is 0 Å². The van der Waals surface area contributed by atoms with E-state index in [9.17, 15) is 4.79 Å². The van der Waals surface area contributed by atoms with Crippen LogP contribution in [0.5, 0.6) is 0 Å². The first kappa shape index (κ1) is 11.2. The highest BCUT2D eigenvalue weighted by atomic mass is 16.3. The Morgan fingerprint density at radius 2 is 2.56 bits per heavy atom. The van der Waals surface area contributed by atoms with E-state index in [0.29, 0.717) is 17.2 Å². The molecule has 1 aliphatic heterocycles. The predicted molar refractivity (Wildman–Crippen MR) is 61.4 cm³/mol. The first-order valence-electron chi connectivity index (χ1n) is 5.80. The molecule has 0 aromatic carbocycles.